The Labute approximate surface area is 139 Å². The van der Waals surface area contributed by atoms with Crippen LogP contribution in [0.15, 0.2) is 41.1 Å². The molecule has 0 spiro atoms. The zero-order valence-electron chi connectivity index (χ0n) is 12.8. The van der Waals surface area contributed by atoms with Gasteiger partial charge in [0.05, 0.1) is 0 Å². The lowest BCUT2D eigenvalue weighted by atomic mass is 10.1. The Morgan fingerprint density at radius 2 is 1.96 bits per heavy atom. The van der Waals surface area contributed by atoms with Crippen LogP contribution in [0.3, 0.4) is 0 Å². The zero-order chi connectivity index (χ0) is 18.0. The van der Waals surface area contributed by atoms with Gasteiger partial charge in [0.25, 0.3) is 0 Å². The molecule has 3 rings (SSSR count). The van der Waals surface area contributed by atoms with Gasteiger partial charge in [0.15, 0.2) is 0 Å². The summed E-state index contributed by atoms with van der Waals surface area (Å²) in [6.07, 6.45) is -3.20. The molecule has 0 aliphatic carbocycles. The van der Waals surface area contributed by atoms with E-state index in [2.05, 4.69) is 19.8 Å². The molecule has 10 heteroatoms. The van der Waals surface area contributed by atoms with Gasteiger partial charge < -0.3 is 9.26 Å². The second-order valence-electron chi connectivity index (χ2n) is 5.02. The number of nitrogens with zero attached hydrogens (tertiary/aromatic N) is 4. The fourth-order valence-electron chi connectivity index (χ4n) is 1.92. The number of aromatic nitrogens is 4. The lowest BCUT2D eigenvalue weighted by Crippen LogP contribution is -2.06. The number of carbonyl (C=O) groups is 1. The van der Waals surface area contributed by atoms with Crippen molar-refractivity contribution in [1.29, 1.82) is 0 Å². The number of ether oxygens (including phenoxy) is 1. The van der Waals surface area contributed by atoms with Crippen molar-refractivity contribution in [3.8, 4) is 17.3 Å². The maximum Gasteiger partial charge on any atom is 0.471 e. The Kier molecular flexibility index (Phi) is 4.26. The Morgan fingerprint density at radius 3 is 2.52 bits per heavy atom. The minimum Gasteiger partial charge on any atom is -0.472 e. The quantitative estimate of drug-likeness (QED) is 0.717. The minimum absolute atomic E-state index is 0.153. The Hall–Kier alpha value is -3.17. The Bertz CT molecular complexity index is 884. The second kappa shape index (κ2) is 6.38. The smallest absolute Gasteiger partial charge is 0.471 e. The average Bonchev–Trinajstić information content (AvgIpc) is 3.22. The van der Waals surface area contributed by atoms with Crippen molar-refractivity contribution in [2.45, 2.75) is 19.7 Å². The van der Waals surface area contributed by atoms with Crippen LogP contribution in [0, 0.1) is 0 Å². The van der Waals surface area contributed by atoms with Crippen LogP contribution in [0.5, 0.6) is 5.88 Å². The molecule has 7 nitrogen and oxygen atoms in total. The monoisotopic (exact) mass is 352 g/mol. The van der Waals surface area contributed by atoms with E-state index in [1.165, 1.54) is 13.1 Å². The largest absolute Gasteiger partial charge is 0.472 e. The maximum atomic E-state index is 12.5. The van der Waals surface area contributed by atoms with Crippen LogP contribution in [-0.4, -0.2) is 25.8 Å². The fraction of sp³-hybridized carbons (Fsp3) is 0.200. The molecule has 2 heterocycles. The lowest BCUT2D eigenvalue weighted by Gasteiger charge is -2.03. The van der Waals surface area contributed by atoms with E-state index in [1.54, 1.807) is 30.3 Å². The molecule has 25 heavy (non-hydrogen) atoms. The lowest BCUT2D eigenvalue weighted by molar-refractivity contribution is -0.159. The van der Waals surface area contributed by atoms with Crippen molar-refractivity contribution >= 4 is 5.91 Å². The summed E-state index contributed by atoms with van der Waals surface area (Å²) in [5.41, 5.74) is 1.13. The Morgan fingerprint density at radius 1 is 1.24 bits per heavy atom. The van der Waals surface area contributed by atoms with Gasteiger partial charge in [-0.25, -0.2) is 4.68 Å². The van der Waals surface area contributed by atoms with Crippen molar-refractivity contribution < 1.29 is 27.2 Å². The molecule has 130 valence electrons. The summed E-state index contributed by atoms with van der Waals surface area (Å²) in [5.74, 6) is -1.50. The third-order valence-corrected chi connectivity index (χ3v) is 3.15. The Balaban J connectivity index is 1.65. The minimum atomic E-state index is -4.68. The number of alkyl halides is 3. The van der Waals surface area contributed by atoms with Crippen LogP contribution in [0.2, 0.25) is 0 Å². The van der Waals surface area contributed by atoms with Crippen LogP contribution in [0.4, 0.5) is 13.2 Å². The first-order chi connectivity index (χ1) is 11.8. The van der Waals surface area contributed by atoms with Gasteiger partial charge in [0.1, 0.15) is 6.61 Å². The van der Waals surface area contributed by atoms with E-state index < -0.39 is 12.1 Å². The maximum absolute atomic E-state index is 12.5. The van der Waals surface area contributed by atoms with Gasteiger partial charge in [-0.3, -0.25) is 4.79 Å². The van der Waals surface area contributed by atoms with Crippen molar-refractivity contribution in [3.05, 3.63) is 48.0 Å². The van der Waals surface area contributed by atoms with Crippen molar-refractivity contribution in [2.24, 2.45) is 0 Å². The molecule has 0 saturated heterocycles. The third-order valence-electron chi connectivity index (χ3n) is 3.15. The van der Waals surface area contributed by atoms with Crippen molar-refractivity contribution in [1.82, 2.24) is 19.9 Å². The molecule has 0 atom stereocenters. The highest BCUT2D eigenvalue weighted by atomic mass is 19.4. The number of rotatable bonds is 4. The summed E-state index contributed by atoms with van der Waals surface area (Å²) in [6, 6.07) is 7.96. The van der Waals surface area contributed by atoms with Gasteiger partial charge in [0, 0.05) is 24.8 Å². The molecular weight excluding hydrogens is 341 g/mol. The molecule has 0 saturated carbocycles. The molecule has 0 unspecified atom stereocenters. The second-order valence-corrected chi connectivity index (χ2v) is 5.02. The summed E-state index contributed by atoms with van der Waals surface area (Å²) in [5, 5.41) is 7.24. The molecular formula is C15H11F3N4O3. The zero-order valence-corrected chi connectivity index (χ0v) is 12.8. The predicted octanol–water partition coefficient (Wildman–Crippen LogP) is 3.19. The molecule has 0 N–H and O–H groups in total. The van der Waals surface area contributed by atoms with Crippen LogP contribution in [-0.2, 0) is 12.8 Å². The van der Waals surface area contributed by atoms with E-state index in [4.69, 9.17) is 4.74 Å². The standard InChI is InChI=1S/C15H11F3N4O3/c1-9(23)22-7-6-12(20-22)24-8-10-2-4-11(5-3-10)13-19-14(25-21-13)15(16,17)18/h2-7H,8H2,1H3. The first kappa shape index (κ1) is 16.7. The van der Waals surface area contributed by atoms with Crippen LogP contribution in [0.1, 0.15) is 23.2 Å². The first-order valence-corrected chi connectivity index (χ1v) is 7.02. The molecule has 0 aliphatic rings. The number of benzene rings is 1. The van der Waals surface area contributed by atoms with Crippen molar-refractivity contribution in [2.75, 3.05) is 0 Å². The van der Waals surface area contributed by atoms with E-state index in [0.29, 0.717) is 5.56 Å². The summed E-state index contributed by atoms with van der Waals surface area (Å²) in [4.78, 5) is 14.4. The summed E-state index contributed by atoms with van der Waals surface area (Å²) in [6.45, 7) is 1.55. The van der Waals surface area contributed by atoms with Gasteiger partial charge in [-0.15, -0.1) is 5.10 Å². The molecule has 2 aromatic heterocycles. The van der Waals surface area contributed by atoms with Gasteiger partial charge in [-0.2, -0.15) is 18.2 Å². The third kappa shape index (κ3) is 3.84. The summed E-state index contributed by atoms with van der Waals surface area (Å²) >= 11 is 0. The van der Waals surface area contributed by atoms with Crippen molar-refractivity contribution in [3.63, 3.8) is 0 Å². The van der Waals surface area contributed by atoms with Crippen LogP contribution >= 0.6 is 0 Å². The first-order valence-electron chi connectivity index (χ1n) is 7.02. The normalized spacial score (nSPS) is 11.5. The molecule has 3 aromatic rings. The number of halogens is 3. The highest BCUT2D eigenvalue weighted by molar-refractivity contribution is 5.75. The van der Waals surface area contributed by atoms with Gasteiger partial charge >= 0.3 is 12.1 Å². The molecule has 0 bridgehead atoms. The predicted molar refractivity (Wildman–Crippen MR) is 77.6 cm³/mol. The van der Waals surface area contributed by atoms with Gasteiger partial charge in [0.2, 0.25) is 17.6 Å². The van der Waals surface area contributed by atoms with E-state index >= 15 is 0 Å². The number of hydrogen-bond acceptors (Lipinski definition) is 6. The van der Waals surface area contributed by atoms with E-state index in [9.17, 15) is 18.0 Å². The fourth-order valence-corrected chi connectivity index (χ4v) is 1.92. The number of carbonyl (C=O) groups excluding carboxylic acids is 1. The molecule has 1 aromatic carbocycles. The van der Waals surface area contributed by atoms with Gasteiger partial charge in [-0.05, 0) is 5.56 Å². The number of hydrogen-bond donors (Lipinski definition) is 0. The molecule has 0 radical (unpaired) electrons. The highest BCUT2D eigenvalue weighted by Crippen LogP contribution is 2.29. The van der Waals surface area contributed by atoms with Crippen LogP contribution < -0.4 is 4.74 Å². The summed E-state index contributed by atoms with van der Waals surface area (Å²) < 4.78 is 48.1. The van der Waals surface area contributed by atoms with Crippen LogP contribution in [0.25, 0.3) is 11.4 Å². The van der Waals surface area contributed by atoms with Gasteiger partial charge in [-0.1, -0.05) is 29.4 Å². The topological polar surface area (TPSA) is 83.0 Å². The van der Waals surface area contributed by atoms with E-state index in [1.807, 2.05) is 0 Å². The van der Waals surface area contributed by atoms with E-state index in [-0.39, 0.29) is 24.2 Å². The molecule has 0 aliphatic heterocycles. The summed E-state index contributed by atoms with van der Waals surface area (Å²) in [7, 11) is 0. The molecule has 0 amide bonds. The SMILES string of the molecule is CC(=O)n1ccc(OCc2ccc(-c3noc(C(F)(F)F)n3)cc2)n1. The van der Waals surface area contributed by atoms with E-state index in [0.717, 1.165) is 10.2 Å². The highest BCUT2D eigenvalue weighted by Gasteiger charge is 2.38. The average molecular weight is 352 g/mol. The molecule has 0 fully saturated rings.